The summed E-state index contributed by atoms with van der Waals surface area (Å²) in [6.45, 7) is 0. The maximum absolute atomic E-state index is 11.2. The number of carboxylic acid groups (broad SMARTS) is 1. The third-order valence-electron chi connectivity index (χ3n) is 2.48. The van der Waals surface area contributed by atoms with Crippen molar-refractivity contribution in [2.45, 2.75) is 0 Å². The van der Waals surface area contributed by atoms with Gasteiger partial charge in [-0.3, -0.25) is 0 Å². The molecular formula is C12H12N2O4. The molecule has 94 valence electrons. The number of aromatic carboxylic acids is 1. The zero-order chi connectivity index (χ0) is 13.1. The van der Waals surface area contributed by atoms with E-state index in [9.17, 15) is 4.79 Å². The highest BCUT2D eigenvalue weighted by Gasteiger charge is 2.19. The Kier molecular flexibility index (Phi) is 3.18. The lowest BCUT2D eigenvalue weighted by Gasteiger charge is -2.06. The van der Waals surface area contributed by atoms with Crippen LogP contribution in [-0.4, -0.2) is 35.1 Å². The van der Waals surface area contributed by atoms with Gasteiger partial charge in [-0.25, -0.2) is 9.48 Å². The van der Waals surface area contributed by atoms with Crippen LogP contribution in [0.3, 0.4) is 0 Å². The number of hydrogen-bond donors (Lipinski definition) is 1. The normalized spacial score (nSPS) is 10.1. The van der Waals surface area contributed by atoms with Gasteiger partial charge in [-0.1, -0.05) is 0 Å². The van der Waals surface area contributed by atoms with Crippen molar-refractivity contribution in [1.82, 2.24) is 9.78 Å². The Balaban J connectivity index is 2.49. The largest absolute Gasteiger partial charge is 0.497 e. The minimum absolute atomic E-state index is 0.0114. The SMILES string of the molecule is COc1ccc(-n2ncc(OC)c2C(=O)O)cc1. The number of methoxy groups -OCH3 is 2. The molecule has 0 amide bonds. The van der Waals surface area contributed by atoms with Crippen LogP contribution in [0, 0.1) is 0 Å². The molecule has 0 radical (unpaired) electrons. The minimum Gasteiger partial charge on any atom is -0.497 e. The average molecular weight is 248 g/mol. The van der Waals surface area contributed by atoms with Crippen molar-refractivity contribution in [2.24, 2.45) is 0 Å². The second-order valence-electron chi connectivity index (χ2n) is 3.48. The van der Waals surface area contributed by atoms with Crippen molar-refractivity contribution in [3.63, 3.8) is 0 Å². The van der Waals surface area contributed by atoms with E-state index in [1.54, 1.807) is 31.4 Å². The van der Waals surface area contributed by atoms with Crippen molar-refractivity contribution >= 4 is 5.97 Å². The zero-order valence-corrected chi connectivity index (χ0v) is 9.95. The summed E-state index contributed by atoms with van der Waals surface area (Å²) in [5, 5.41) is 13.2. The molecule has 0 aliphatic carbocycles. The Morgan fingerprint density at radius 2 is 1.89 bits per heavy atom. The number of carbonyl (C=O) groups is 1. The molecular weight excluding hydrogens is 236 g/mol. The Hall–Kier alpha value is -2.50. The summed E-state index contributed by atoms with van der Waals surface area (Å²) in [6, 6.07) is 6.90. The predicted molar refractivity (Wildman–Crippen MR) is 63.6 cm³/mol. The van der Waals surface area contributed by atoms with Gasteiger partial charge in [-0.05, 0) is 24.3 Å². The summed E-state index contributed by atoms with van der Waals surface area (Å²) in [6.07, 6.45) is 1.37. The van der Waals surface area contributed by atoms with Crippen LogP contribution in [-0.2, 0) is 0 Å². The molecule has 1 N–H and O–H groups in total. The van der Waals surface area contributed by atoms with Gasteiger partial charge in [0, 0.05) is 0 Å². The molecule has 18 heavy (non-hydrogen) atoms. The van der Waals surface area contributed by atoms with Gasteiger partial charge in [0.05, 0.1) is 26.1 Å². The second-order valence-corrected chi connectivity index (χ2v) is 3.48. The molecule has 1 aromatic carbocycles. The third kappa shape index (κ3) is 2.00. The quantitative estimate of drug-likeness (QED) is 0.889. The van der Waals surface area contributed by atoms with Crippen molar-refractivity contribution in [3.05, 3.63) is 36.2 Å². The Morgan fingerprint density at radius 1 is 1.22 bits per heavy atom. The first-order chi connectivity index (χ1) is 8.67. The van der Waals surface area contributed by atoms with Crippen LogP contribution in [0.4, 0.5) is 0 Å². The number of aromatic nitrogens is 2. The lowest BCUT2D eigenvalue weighted by molar-refractivity contribution is 0.0683. The van der Waals surface area contributed by atoms with E-state index in [0.717, 1.165) is 0 Å². The fourth-order valence-electron chi connectivity index (χ4n) is 1.60. The molecule has 1 aromatic heterocycles. The van der Waals surface area contributed by atoms with Gasteiger partial charge in [-0.2, -0.15) is 5.10 Å². The van der Waals surface area contributed by atoms with Crippen LogP contribution >= 0.6 is 0 Å². The smallest absolute Gasteiger partial charge is 0.358 e. The summed E-state index contributed by atoms with van der Waals surface area (Å²) in [7, 11) is 2.97. The number of rotatable bonds is 4. The summed E-state index contributed by atoms with van der Waals surface area (Å²) in [5.74, 6) is -0.187. The van der Waals surface area contributed by atoms with Gasteiger partial charge >= 0.3 is 5.97 Å². The standard InChI is InChI=1S/C12H12N2O4/c1-17-9-5-3-8(4-6-9)14-11(12(15)16)10(18-2)7-13-14/h3-7H,1-2H3,(H,15,16). The maximum atomic E-state index is 11.2. The number of hydrogen-bond acceptors (Lipinski definition) is 4. The number of benzene rings is 1. The maximum Gasteiger partial charge on any atom is 0.358 e. The third-order valence-corrected chi connectivity index (χ3v) is 2.48. The fourth-order valence-corrected chi connectivity index (χ4v) is 1.60. The molecule has 0 saturated carbocycles. The Morgan fingerprint density at radius 3 is 2.39 bits per heavy atom. The average Bonchev–Trinajstić information content (AvgIpc) is 2.82. The summed E-state index contributed by atoms with van der Waals surface area (Å²) in [5.41, 5.74) is 0.610. The predicted octanol–water partition coefficient (Wildman–Crippen LogP) is 1.59. The van der Waals surface area contributed by atoms with E-state index in [1.807, 2.05) is 0 Å². The zero-order valence-electron chi connectivity index (χ0n) is 9.95. The van der Waals surface area contributed by atoms with Gasteiger partial charge in [-0.15, -0.1) is 0 Å². The monoisotopic (exact) mass is 248 g/mol. The van der Waals surface area contributed by atoms with Crippen LogP contribution in [0.25, 0.3) is 5.69 Å². The van der Waals surface area contributed by atoms with E-state index in [-0.39, 0.29) is 11.4 Å². The number of carboxylic acids is 1. The highest BCUT2D eigenvalue weighted by atomic mass is 16.5. The Labute approximate surface area is 103 Å². The van der Waals surface area contributed by atoms with E-state index in [0.29, 0.717) is 11.4 Å². The first-order valence-electron chi connectivity index (χ1n) is 5.17. The first kappa shape index (κ1) is 12.0. The van der Waals surface area contributed by atoms with E-state index in [1.165, 1.54) is 18.0 Å². The molecule has 0 aliphatic heterocycles. The molecule has 0 spiro atoms. The highest BCUT2D eigenvalue weighted by Crippen LogP contribution is 2.22. The topological polar surface area (TPSA) is 73.6 Å². The molecule has 6 heteroatoms. The van der Waals surface area contributed by atoms with Gasteiger partial charge in [0.25, 0.3) is 0 Å². The van der Waals surface area contributed by atoms with E-state index in [4.69, 9.17) is 14.6 Å². The molecule has 2 aromatic rings. The highest BCUT2D eigenvalue weighted by molar-refractivity contribution is 5.89. The molecule has 1 heterocycles. The van der Waals surface area contributed by atoms with Gasteiger partial charge in [0.2, 0.25) is 0 Å². The molecule has 0 aliphatic rings. The van der Waals surface area contributed by atoms with Crippen LogP contribution in [0.1, 0.15) is 10.5 Å². The fraction of sp³-hybridized carbons (Fsp3) is 0.167. The lowest BCUT2D eigenvalue weighted by atomic mass is 10.3. The summed E-state index contributed by atoms with van der Waals surface area (Å²) >= 11 is 0. The number of ether oxygens (including phenoxy) is 2. The number of nitrogens with zero attached hydrogens (tertiary/aromatic N) is 2. The molecule has 0 saturated heterocycles. The molecule has 6 nitrogen and oxygen atoms in total. The van der Waals surface area contributed by atoms with Crippen LogP contribution in [0.2, 0.25) is 0 Å². The van der Waals surface area contributed by atoms with Crippen LogP contribution in [0.5, 0.6) is 11.5 Å². The van der Waals surface area contributed by atoms with E-state index < -0.39 is 5.97 Å². The van der Waals surface area contributed by atoms with Gasteiger partial charge in [0.15, 0.2) is 11.4 Å². The van der Waals surface area contributed by atoms with Crippen molar-refractivity contribution in [1.29, 1.82) is 0 Å². The van der Waals surface area contributed by atoms with Crippen LogP contribution in [0.15, 0.2) is 30.5 Å². The molecule has 0 atom stereocenters. The molecule has 2 rings (SSSR count). The van der Waals surface area contributed by atoms with Crippen LogP contribution < -0.4 is 9.47 Å². The van der Waals surface area contributed by atoms with Gasteiger partial charge < -0.3 is 14.6 Å². The Bertz CT molecular complexity index is 560. The second kappa shape index (κ2) is 4.79. The molecule has 0 fully saturated rings. The summed E-state index contributed by atoms with van der Waals surface area (Å²) < 4.78 is 11.3. The van der Waals surface area contributed by atoms with Crippen molar-refractivity contribution < 1.29 is 19.4 Å². The van der Waals surface area contributed by atoms with Crippen molar-refractivity contribution in [2.75, 3.05) is 14.2 Å². The van der Waals surface area contributed by atoms with Gasteiger partial charge in [0.1, 0.15) is 5.75 Å². The summed E-state index contributed by atoms with van der Waals surface area (Å²) in [4.78, 5) is 11.2. The lowest BCUT2D eigenvalue weighted by Crippen LogP contribution is -2.09. The molecule has 0 bridgehead atoms. The van der Waals surface area contributed by atoms with Crippen molar-refractivity contribution in [3.8, 4) is 17.2 Å². The molecule has 0 unspecified atom stereocenters. The first-order valence-corrected chi connectivity index (χ1v) is 5.17. The minimum atomic E-state index is -1.10. The van der Waals surface area contributed by atoms with E-state index in [2.05, 4.69) is 5.10 Å². The van der Waals surface area contributed by atoms with E-state index >= 15 is 0 Å².